The van der Waals surface area contributed by atoms with E-state index >= 15 is 0 Å². The highest BCUT2D eigenvalue weighted by Crippen LogP contribution is 1.97. The third kappa shape index (κ3) is 2.22. The van der Waals surface area contributed by atoms with Crippen LogP contribution in [0.2, 0.25) is 13.1 Å². The molecule has 0 aliphatic rings. The average Bonchev–Trinajstić information content (AvgIpc) is 1.88. The minimum Gasteiger partial charge on any atom is -0.453 e. The van der Waals surface area contributed by atoms with Crippen LogP contribution in [0.4, 0.5) is 4.79 Å². The van der Waals surface area contributed by atoms with Gasteiger partial charge in [0, 0.05) is 0 Å². The van der Waals surface area contributed by atoms with Crippen LogP contribution in [0.3, 0.4) is 0 Å². The highest BCUT2D eigenvalue weighted by atomic mass is 28.3. The Morgan fingerprint density at radius 1 is 1.70 bits per heavy atom. The first kappa shape index (κ1) is 9.23. The molecule has 0 fully saturated rings. The van der Waals surface area contributed by atoms with E-state index in [2.05, 4.69) is 11.3 Å². The Labute approximate surface area is 63.0 Å². The Hall–Kier alpha value is -0.773. The minimum atomic E-state index is -1.12. The van der Waals surface area contributed by atoms with Crippen LogP contribution in [-0.4, -0.2) is 26.7 Å². The third-order valence-corrected chi connectivity index (χ3v) is 2.67. The molecule has 0 radical (unpaired) electrons. The van der Waals surface area contributed by atoms with Crippen LogP contribution in [0.1, 0.15) is 0 Å². The van der Waals surface area contributed by atoms with Crippen molar-refractivity contribution in [3.05, 3.63) is 12.8 Å². The number of nitrogens with zero attached hydrogens (tertiary/aromatic N) is 1. The van der Waals surface area contributed by atoms with Crippen molar-refractivity contribution in [1.82, 2.24) is 4.57 Å². The van der Waals surface area contributed by atoms with Gasteiger partial charge in [0.2, 0.25) is 0 Å². The predicted molar refractivity (Wildman–Crippen MR) is 43.3 cm³/mol. The second kappa shape index (κ2) is 4.11. The summed E-state index contributed by atoms with van der Waals surface area (Å²) in [6, 6.07) is 0. The average molecular weight is 159 g/mol. The lowest BCUT2D eigenvalue weighted by molar-refractivity contribution is 0.157. The summed E-state index contributed by atoms with van der Waals surface area (Å²) < 4.78 is 6.07. The molecule has 0 N–H and O–H groups in total. The van der Waals surface area contributed by atoms with Crippen LogP contribution in [0, 0.1) is 0 Å². The second-order valence-corrected chi connectivity index (χ2v) is 4.90. The standard InChI is InChI=1S/C6H13NO2Si/c1-5-7(10(3)4)6(8)9-2/h5,10H,1H2,2-4H3. The Bertz CT molecular complexity index is 136. The number of ether oxygens (including phenoxy) is 1. The van der Waals surface area contributed by atoms with E-state index in [1.165, 1.54) is 13.3 Å². The fourth-order valence-electron chi connectivity index (χ4n) is 0.602. The molecule has 0 aliphatic heterocycles. The van der Waals surface area contributed by atoms with Crippen molar-refractivity contribution in [3.8, 4) is 0 Å². The molecule has 0 saturated carbocycles. The molecule has 0 aromatic heterocycles. The number of amides is 1. The van der Waals surface area contributed by atoms with Gasteiger partial charge in [0.05, 0.1) is 7.11 Å². The zero-order valence-electron chi connectivity index (χ0n) is 6.63. The molecule has 0 heterocycles. The summed E-state index contributed by atoms with van der Waals surface area (Å²) in [6.45, 7) is 7.56. The second-order valence-electron chi connectivity index (χ2n) is 2.15. The summed E-state index contributed by atoms with van der Waals surface area (Å²) in [5.41, 5.74) is 0. The van der Waals surface area contributed by atoms with Gasteiger partial charge >= 0.3 is 6.09 Å². The van der Waals surface area contributed by atoms with Gasteiger partial charge < -0.3 is 9.30 Å². The molecule has 0 saturated heterocycles. The van der Waals surface area contributed by atoms with Gasteiger partial charge in [-0.05, 0) is 6.20 Å². The van der Waals surface area contributed by atoms with E-state index in [9.17, 15) is 4.79 Å². The van der Waals surface area contributed by atoms with Crippen LogP contribution in [0.15, 0.2) is 12.8 Å². The van der Waals surface area contributed by atoms with Crippen molar-refractivity contribution in [2.75, 3.05) is 7.11 Å². The molecular weight excluding hydrogens is 146 g/mol. The van der Waals surface area contributed by atoms with Gasteiger partial charge in [0.1, 0.15) is 8.96 Å². The lowest BCUT2D eigenvalue weighted by Crippen LogP contribution is -2.34. The predicted octanol–water partition coefficient (Wildman–Crippen LogP) is 1.18. The first-order valence-corrected chi connectivity index (χ1v) is 5.95. The molecule has 0 rings (SSSR count). The fourth-order valence-corrected chi connectivity index (χ4v) is 1.55. The lowest BCUT2D eigenvalue weighted by atomic mass is 10.9. The summed E-state index contributed by atoms with van der Waals surface area (Å²) in [5, 5.41) is 0. The zero-order chi connectivity index (χ0) is 8.15. The first-order chi connectivity index (χ1) is 4.63. The SMILES string of the molecule is C=CN(C(=O)OC)[SiH](C)C. The van der Waals surface area contributed by atoms with Gasteiger partial charge in [-0.3, -0.25) is 0 Å². The van der Waals surface area contributed by atoms with E-state index in [0.29, 0.717) is 0 Å². The molecule has 0 aliphatic carbocycles. The van der Waals surface area contributed by atoms with Crippen LogP contribution in [-0.2, 0) is 4.74 Å². The Morgan fingerprint density at radius 3 is 2.30 bits per heavy atom. The van der Waals surface area contributed by atoms with E-state index in [1.54, 1.807) is 4.57 Å². The molecule has 10 heavy (non-hydrogen) atoms. The van der Waals surface area contributed by atoms with Gasteiger partial charge in [0.25, 0.3) is 0 Å². The lowest BCUT2D eigenvalue weighted by Gasteiger charge is -2.19. The molecule has 0 aromatic rings. The summed E-state index contributed by atoms with van der Waals surface area (Å²) in [5.74, 6) is 0. The number of hydrogen-bond acceptors (Lipinski definition) is 2. The maximum atomic E-state index is 10.9. The molecule has 0 atom stereocenters. The van der Waals surface area contributed by atoms with E-state index < -0.39 is 8.96 Å². The zero-order valence-corrected chi connectivity index (χ0v) is 7.78. The van der Waals surface area contributed by atoms with Gasteiger partial charge in [-0.1, -0.05) is 19.7 Å². The van der Waals surface area contributed by atoms with Crippen molar-refractivity contribution in [2.24, 2.45) is 0 Å². The maximum absolute atomic E-state index is 10.9. The topological polar surface area (TPSA) is 29.5 Å². The Morgan fingerprint density at radius 2 is 2.20 bits per heavy atom. The fraction of sp³-hybridized carbons (Fsp3) is 0.500. The number of carbonyl (C=O) groups is 1. The molecule has 0 unspecified atom stereocenters. The third-order valence-electron chi connectivity index (χ3n) is 1.14. The molecule has 0 aromatic carbocycles. The van der Waals surface area contributed by atoms with Crippen LogP contribution < -0.4 is 0 Å². The van der Waals surface area contributed by atoms with Crippen molar-refractivity contribution in [2.45, 2.75) is 13.1 Å². The number of rotatable bonds is 2. The first-order valence-electron chi connectivity index (χ1n) is 3.12. The summed E-state index contributed by atoms with van der Waals surface area (Å²) in [4.78, 5) is 10.9. The van der Waals surface area contributed by atoms with Gasteiger partial charge in [-0.15, -0.1) is 0 Å². The van der Waals surface area contributed by atoms with Gasteiger partial charge in [-0.25, -0.2) is 4.79 Å². The molecular formula is C6H13NO2Si. The van der Waals surface area contributed by atoms with Crippen LogP contribution in [0.5, 0.6) is 0 Å². The summed E-state index contributed by atoms with van der Waals surface area (Å²) in [6.07, 6.45) is 1.21. The molecule has 1 amide bonds. The van der Waals surface area contributed by atoms with E-state index in [-0.39, 0.29) is 6.09 Å². The minimum absolute atomic E-state index is 0.309. The molecule has 4 heteroatoms. The van der Waals surface area contributed by atoms with Crippen LogP contribution >= 0.6 is 0 Å². The molecule has 0 spiro atoms. The highest BCUT2D eigenvalue weighted by molar-refractivity contribution is 6.55. The molecule has 0 bridgehead atoms. The van der Waals surface area contributed by atoms with Gasteiger partial charge in [-0.2, -0.15) is 0 Å². The quantitative estimate of drug-likeness (QED) is 0.566. The van der Waals surface area contributed by atoms with E-state index in [1.807, 2.05) is 13.1 Å². The maximum Gasteiger partial charge on any atom is 0.405 e. The largest absolute Gasteiger partial charge is 0.453 e. The monoisotopic (exact) mass is 159 g/mol. The van der Waals surface area contributed by atoms with Crippen molar-refractivity contribution in [3.63, 3.8) is 0 Å². The van der Waals surface area contributed by atoms with E-state index in [0.717, 1.165) is 0 Å². The van der Waals surface area contributed by atoms with Crippen molar-refractivity contribution >= 4 is 15.1 Å². The smallest absolute Gasteiger partial charge is 0.405 e. The molecule has 58 valence electrons. The summed E-state index contributed by atoms with van der Waals surface area (Å²) in [7, 11) is 0.250. The van der Waals surface area contributed by atoms with Crippen LogP contribution in [0.25, 0.3) is 0 Å². The normalized spacial score (nSPS) is 9.20. The summed E-state index contributed by atoms with van der Waals surface area (Å²) >= 11 is 0. The Kier molecular flexibility index (Phi) is 3.79. The van der Waals surface area contributed by atoms with Crippen molar-refractivity contribution < 1.29 is 9.53 Å². The Balaban J connectivity index is 4.06. The number of carbonyl (C=O) groups excluding carboxylic acids is 1. The van der Waals surface area contributed by atoms with Crippen molar-refractivity contribution in [1.29, 1.82) is 0 Å². The molecule has 3 nitrogen and oxygen atoms in total. The van der Waals surface area contributed by atoms with E-state index in [4.69, 9.17) is 0 Å². The number of hydrogen-bond donors (Lipinski definition) is 0. The van der Waals surface area contributed by atoms with Gasteiger partial charge in [0.15, 0.2) is 0 Å². The highest BCUT2D eigenvalue weighted by Gasteiger charge is 2.13. The number of methoxy groups -OCH3 is 1.